The molecule has 1 fully saturated rings. The molecule has 0 atom stereocenters. The number of carbonyl (C=O) groups excluding carboxylic acids is 2. The van der Waals surface area contributed by atoms with Crippen molar-refractivity contribution in [3.63, 3.8) is 0 Å². The van der Waals surface area contributed by atoms with Gasteiger partial charge in [-0.25, -0.2) is 4.79 Å². The number of alkyl halides is 3. The fraction of sp³-hybridized carbons (Fsp3) is 0.800. The highest BCUT2D eigenvalue weighted by molar-refractivity contribution is 5.78. The van der Waals surface area contributed by atoms with Crippen LogP contribution in [-0.4, -0.2) is 49.2 Å². The Morgan fingerprint density at radius 3 is 2.28 bits per heavy atom. The standard InChI is InChI=1S/C10H16F3N3O2/c11-10(12,13)7-15-9(18)14-4-3-8(17)16-5-1-2-6-16/h1-7H2,(H2,14,15,18). The first-order valence-electron chi connectivity index (χ1n) is 5.75. The molecule has 8 heteroatoms. The molecule has 0 unspecified atom stereocenters. The van der Waals surface area contributed by atoms with Crippen molar-refractivity contribution < 1.29 is 22.8 Å². The molecule has 2 N–H and O–H groups in total. The summed E-state index contributed by atoms with van der Waals surface area (Å²) in [6.45, 7) is 0.107. The summed E-state index contributed by atoms with van der Waals surface area (Å²) in [4.78, 5) is 24.2. The van der Waals surface area contributed by atoms with E-state index in [2.05, 4.69) is 5.32 Å². The van der Waals surface area contributed by atoms with Crippen LogP contribution in [0.25, 0.3) is 0 Å². The lowest BCUT2D eigenvalue weighted by atomic mass is 10.3. The minimum Gasteiger partial charge on any atom is -0.343 e. The molecule has 3 amide bonds. The fourth-order valence-corrected chi connectivity index (χ4v) is 1.65. The van der Waals surface area contributed by atoms with Crippen molar-refractivity contribution in [2.45, 2.75) is 25.4 Å². The van der Waals surface area contributed by atoms with Crippen molar-refractivity contribution in [3.8, 4) is 0 Å². The molecule has 0 spiro atoms. The average molecular weight is 267 g/mol. The summed E-state index contributed by atoms with van der Waals surface area (Å²) < 4.78 is 35.3. The van der Waals surface area contributed by atoms with Crippen LogP contribution in [0.4, 0.5) is 18.0 Å². The number of nitrogens with one attached hydrogen (secondary N) is 2. The van der Waals surface area contributed by atoms with E-state index in [1.54, 1.807) is 10.2 Å². The zero-order chi connectivity index (χ0) is 13.6. The van der Waals surface area contributed by atoms with Gasteiger partial charge in [-0.3, -0.25) is 4.79 Å². The zero-order valence-electron chi connectivity index (χ0n) is 9.85. The van der Waals surface area contributed by atoms with Crippen LogP contribution in [0.5, 0.6) is 0 Å². The molecule has 0 aromatic rings. The van der Waals surface area contributed by atoms with Crippen molar-refractivity contribution in [1.29, 1.82) is 0 Å². The molecule has 0 aliphatic carbocycles. The smallest absolute Gasteiger partial charge is 0.343 e. The van der Waals surface area contributed by atoms with E-state index < -0.39 is 18.8 Å². The summed E-state index contributed by atoms with van der Waals surface area (Å²) in [6, 6.07) is -0.915. The predicted molar refractivity (Wildman–Crippen MR) is 57.9 cm³/mol. The van der Waals surface area contributed by atoms with E-state index in [1.807, 2.05) is 0 Å². The van der Waals surface area contributed by atoms with Crippen LogP contribution in [0.3, 0.4) is 0 Å². The van der Waals surface area contributed by atoms with E-state index in [0.29, 0.717) is 0 Å². The van der Waals surface area contributed by atoms with Gasteiger partial charge in [0.15, 0.2) is 0 Å². The topological polar surface area (TPSA) is 61.4 Å². The number of hydrogen-bond acceptors (Lipinski definition) is 2. The Hall–Kier alpha value is -1.47. The maximum Gasteiger partial charge on any atom is 0.405 e. The van der Waals surface area contributed by atoms with Gasteiger partial charge >= 0.3 is 12.2 Å². The first-order valence-corrected chi connectivity index (χ1v) is 5.75. The number of hydrogen-bond donors (Lipinski definition) is 2. The number of nitrogens with zero attached hydrogens (tertiary/aromatic N) is 1. The summed E-state index contributed by atoms with van der Waals surface area (Å²) >= 11 is 0. The Balaban J connectivity index is 2.09. The van der Waals surface area contributed by atoms with E-state index in [1.165, 1.54) is 0 Å². The molecule has 1 rings (SSSR count). The van der Waals surface area contributed by atoms with Crippen molar-refractivity contribution >= 4 is 11.9 Å². The van der Waals surface area contributed by atoms with Gasteiger partial charge in [0.25, 0.3) is 0 Å². The molecule has 0 saturated carbocycles. The molecule has 0 aromatic carbocycles. The Morgan fingerprint density at radius 2 is 1.72 bits per heavy atom. The molecule has 1 aliphatic heterocycles. The van der Waals surface area contributed by atoms with E-state index in [9.17, 15) is 22.8 Å². The third kappa shape index (κ3) is 5.74. The number of likely N-dealkylation sites (tertiary alicyclic amines) is 1. The number of amides is 3. The van der Waals surface area contributed by atoms with Crippen molar-refractivity contribution in [2.75, 3.05) is 26.2 Å². The Labute approximate surface area is 103 Å². The van der Waals surface area contributed by atoms with Gasteiger partial charge in [-0.2, -0.15) is 13.2 Å². The van der Waals surface area contributed by atoms with Crippen LogP contribution in [-0.2, 0) is 4.79 Å². The Kier molecular flexibility index (Phi) is 5.24. The molecule has 104 valence electrons. The van der Waals surface area contributed by atoms with Crippen LogP contribution in [0, 0.1) is 0 Å². The summed E-state index contributed by atoms with van der Waals surface area (Å²) in [5.74, 6) is -0.0800. The van der Waals surface area contributed by atoms with Crippen molar-refractivity contribution in [1.82, 2.24) is 15.5 Å². The highest BCUT2D eigenvalue weighted by atomic mass is 19.4. The molecular weight excluding hydrogens is 251 g/mol. The SMILES string of the molecule is O=C(NCCC(=O)N1CCCC1)NCC(F)(F)F. The second kappa shape index (κ2) is 6.46. The lowest BCUT2D eigenvalue weighted by molar-refractivity contribution is -0.130. The molecule has 1 heterocycles. The van der Waals surface area contributed by atoms with Gasteiger partial charge in [-0.1, -0.05) is 0 Å². The molecule has 1 saturated heterocycles. The van der Waals surface area contributed by atoms with Gasteiger partial charge in [0.05, 0.1) is 0 Å². The summed E-state index contributed by atoms with van der Waals surface area (Å²) in [5, 5.41) is 3.88. The number of halogens is 3. The molecule has 0 bridgehead atoms. The third-order valence-electron chi connectivity index (χ3n) is 2.53. The van der Waals surface area contributed by atoms with Crippen molar-refractivity contribution in [2.24, 2.45) is 0 Å². The highest BCUT2D eigenvalue weighted by Crippen LogP contribution is 2.12. The van der Waals surface area contributed by atoms with Gasteiger partial charge in [-0.15, -0.1) is 0 Å². The predicted octanol–water partition coefficient (Wildman–Crippen LogP) is 0.860. The second-order valence-corrected chi connectivity index (χ2v) is 4.06. The lowest BCUT2D eigenvalue weighted by Crippen LogP contribution is -2.42. The van der Waals surface area contributed by atoms with Gasteiger partial charge in [0.2, 0.25) is 5.91 Å². The van der Waals surface area contributed by atoms with Gasteiger partial charge in [-0.05, 0) is 12.8 Å². The minimum atomic E-state index is -4.43. The molecule has 1 aliphatic rings. The van der Waals surface area contributed by atoms with Crippen molar-refractivity contribution in [3.05, 3.63) is 0 Å². The Bertz CT molecular complexity index is 301. The van der Waals surface area contributed by atoms with E-state index in [0.717, 1.165) is 25.9 Å². The van der Waals surface area contributed by atoms with Gasteiger partial charge < -0.3 is 15.5 Å². The van der Waals surface area contributed by atoms with E-state index in [4.69, 9.17) is 0 Å². The van der Waals surface area contributed by atoms with Gasteiger partial charge in [0, 0.05) is 26.1 Å². The normalized spacial score (nSPS) is 15.6. The minimum absolute atomic E-state index is 0.0407. The van der Waals surface area contributed by atoms with Crippen LogP contribution < -0.4 is 10.6 Å². The zero-order valence-corrected chi connectivity index (χ0v) is 9.85. The third-order valence-corrected chi connectivity index (χ3v) is 2.53. The monoisotopic (exact) mass is 267 g/mol. The maximum atomic E-state index is 11.8. The average Bonchev–Trinajstić information content (AvgIpc) is 2.78. The van der Waals surface area contributed by atoms with Crippen LogP contribution in [0.15, 0.2) is 0 Å². The first kappa shape index (κ1) is 14.6. The quantitative estimate of drug-likeness (QED) is 0.793. The first-order chi connectivity index (χ1) is 8.38. The second-order valence-electron chi connectivity index (χ2n) is 4.06. The number of rotatable bonds is 4. The maximum absolute atomic E-state index is 11.8. The number of urea groups is 1. The van der Waals surface area contributed by atoms with Crippen LogP contribution >= 0.6 is 0 Å². The molecule has 0 aromatic heterocycles. The number of carbonyl (C=O) groups is 2. The van der Waals surface area contributed by atoms with E-state index in [-0.39, 0.29) is 18.9 Å². The van der Waals surface area contributed by atoms with Crippen LogP contribution in [0.1, 0.15) is 19.3 Å². The summed E-state index contributed by atoms with van der Waals surface area (Å²) in [7, 11) is 0. The summed E-state index contributed by atoms with van der Waals surface area (Å²) in [5.41, 5.74) is 0. The Morgan fingerprint density at radius 1 is 1.11 bits per heavy atom. The fourth-order valence-electron chi connectivity index (χ4n) is 1.65. The lowest BCUT2D eigenvalue weighted by Gasteiger charge is -2.15. The molecule has 0 radical (unpaired) electrons. The summed E-state index contributed by atoms with van der Waals surface area (Å²) in [6.07, 6.45) is -2.36. The molecular formula is C10H16F3N3O2. The molecule has 18 heavy (non-hydrogen) atoms. The largest absolute Gasteiger partial charge is 0.405 e. The molecule has 5 nitrogen and oxygen atoms in total. The van der Waals surface area contributed by atoms with Crippen LogP contribution in [0.2, 0.25) is 0 Å². The highest BCUT2D eigenvalue weighted by Gasteiger charge is 2.27. The van der Waals surface area contributed by atoms with Gasteiger partial charge in [0.1, 0.15) is 6.54 Å². The van der Waals surface area contributed by atoms with E-state index >= 15 is 0 Å².